The van der Waals surface area contributed by atoms with Crippen LogP contribution in [-0.4, -0.2) is 53.1 Å². The Balaban J connectivity index is 1.97. The molecule has 2 rings (SSSR count). The number of ether oxygens (including phenoxy) is 2. The largest absolute Gasteiger partial charge is 0.491 e. The summed E-state index contributed by atoms with van der Waals surface area (Å²) < 4.78 is 23.8. The number of guanidine groups is 1. The zero-order valence-electron chi connectivity index (χ0n) is 18.5. The molecule has 0 spiro atoms. The van der Waals surface area contributed by atoms with Crippen LogP contribution in [0.15, 0.2) is 23.2 Å². The van der Waals surface area contributed by atoms with E-state index in [9.17, 15) is 4.21 Å². The van der Waals surface area contributed by atoms with Crippen LogP contribution in [-0.2, 0) is 22.1 Å². The van der Waals surface area contributed by atoms with Crippen LogP contribution in [0.2, 0.25) is 0 Å². The first kappa shape index (κ1) is 23.7. The Labute approximate surface area is 178 Å². The van der Waals surface area contributed by atoms with Gasteiger partial charge in [-0.3, -0.25) is 4.21 Å². The molecule has 29 heavy (non-hydrogen) atoms. The van der Waals surface area contributed by atoms with Gasteiger partial charge in [0.1, 0.15) is 12.4 Å². The lowest BCUT2D eigenvalue weighted by molar-refractivity contribution is 0.0676. The molecule has 0 saturated carbocycles. The lowest BCUT2D eigenvalue weighted by atomic mass is 10.1. The van der Waals surface area contributed by atoms with Crippen LogP contribution in [0.5, 0.6) is 5.75 Å². The molecule has 0 aromatic heterocycles. The van der Waals surface area contributed by atoms with Crippen molar-refractivity contribution in [3.8, 4) is 5.75 Å². The lowest BCUT2D eigenvalue weighted by Gasteiger charge is -2.18. The molecule has 0 bridgehead atoms. The molecular weight excluding hydrogens is 386 g/mol. The van der Waals surface area contributed by atoms with Crippen molar-refractivity contribution in [1.82, 2.24) is 10.6 Å². The number of benzene rings is 1. The number of rotatable bonds is 9. The molecule has 1 heterocycles. The number of hydrogen-bond donors (Lipinski definition) is 2. The van der Waals surface area contributed by atoms with Gasteiger partial charge in [-0.25, -0.2) is 4.99 Å². The fraction of sp³-hybridized carbons (Fsp3) is 0.682. The molecule has 1 fully saturated rings. The number of hydrogen-bond acceptors (Lipinski definition) is 4. The van der Waals surface area contributed by atoms with Gasteiger partial charge in [0.2, 0.25) is 0 Å². The van der Waals surface area contributed by atoms with E-state index in [1.165, 1.54) is 0 Å². The summed E-state index contributed by atoms with van der Waals surface area (Å²) in [6.45, 7) is 13.4. The van der Waals surface area contributed by atoms with Gasteiger partial charge in [-0.05, 0) is 59.1 Å². The molecule has 0 aliphatic carbocycles. The molecule has 1 aromatic carbocycles. The molecule has 0 amide bonds. The molecule has 7 heteroatoms. The number of aryl methyl sites for hydroxylation is 1. The average molecular weight is 424 g/mol. The third-order valence-corrected chi connectivity index (χ3v) is 6.63. The molecule has 2 atom stereocenters. The number of nitrogens with zero attached hydrogens (tertiary/aromatic N) is 1. The zero-order chi connectivity index (χ0) is 21.3. The Bertz CT molecular complexity index is 695. The SMILES string of the molecule is CCNC(=NCc1ccc(C)cc1OCC1CCCO1)NCCS(=O)C(C)(C)C. The Morgan fingerprint density at radius 2 is 2.14 bits per heavy atom. The van der Waals surface area contributed by atoms with E-state index in [1.807, 2.05) is 27.7 Å². The van der Waals surface area contributed by atoms with Crippen molar-refractivity contribution in [3.63, 3.8) is 0 Å². The second kappa shape index (κ2) is 11.6. The third kappa shape index (κ3) is 8.34. The normalized spacial score (nSPS) is 18.5. The summed E-state index contributed by atoms with van der Waals surface area (Å²) in [6.07, 6.45) is 2.36. The van der Waals surface area contributed by atoms with Gasteiger partial charge in [0.05, 0.1) is 12.6 Å². The van der Waals surface area contributed by atoms with Crippen molar-refractivity contribution in [1.29, 1.82) is 0 Å². The second-order valence-electron chi connectivity index (χ2n) is 8.34. The van der Waals surface area contributed by atoms with Gasteiger partial charge in [0.15, 0.2) is 5.96 Å². The predicted octanol–water partition coefficient (Wildman–Crippen LogP) is 3.16. The highest BCUT2D eigenvalue weighted by atomic mass is 32.2. The van der Waals surface area contributed by atoms with Gasteiger partial charge in [-0.2, -0.15) is 0 Å². The first-order valence-corrected chi connectivity index (χ1v) is 11.9. The Morgan fingerprint density at radius 1 is 1.34 bits per heavy atom. The van der Waals surface area contributed by atoms with E-state index >= 15 is 0 Å². The minimum atomic E-state index is -0.885. The van der Waals surface area contributed by atoms with E-state index in [-0.39, 0.29) is 10.9 Å². The summed E-state index contributed by atoms with van der Waals surface area (Å²) in [4.78, 5) is 4.70. The Hall–Kier alpha value is -1.60. The van der Waals surface area contributed by atoms with Crippen LogP contribution in [0.1, 0.15) is 51.7 Å². The van der Waals surface area contributed by atoms with Gasteiger partial charge in [-0.1, -0.05) is 12.1 Å². The van der Waals surface area contributed by atoms with E-state index in [0.29, 0.717) is 25.4 Å². The monoisotopic (exact) mass is 423 g/mol. The summed E-state index contributed by atoms with van der Waals surface area (Å²) in [5.41, 5.74) is 2.21. The predicted molar refractivity (Wildman–Crippen MR) is 121 cm³/mol. The molecule has 2 unspecified atom stereocenters. The first-order chi connectivity index (χ1) is 13.8. The van der Waals surface area contributed by atoms with Gasteiger partial charge >= 0.3 is 0 Å². The Morgan fingerprint density at radius 3 is 2.79 bits per heavy atom. The zero-order valence-corrected chi connectivity index (χ0v) is 19.4. The van der Waals surface area contributed by atoms with E-state index in [1.54, 1.807) is 0 Å². The van der Waals surface area contributed by atoms with Crippen LogP contribution in [0.3, 0.4) is 0 Å². The molecule has 6 nitrogen and oxygen atoms in total. The second-order valence-corrected chi connectivity index (χ2v) is 10.7. The molecule has 0 radical (unpaired) electrons. The van der Waals surface area contributed by atoms with Gasteiger partial charge < -0.3 is 20.1 Å². The average Bonchev–Trinajstić information content (AvgIpc) is 3.18. The van der Waals surface area contributed by atoms with Gasteiger partial charge in [0, 0.05) is 46.6 Å². The van der Waals surface area contributed by atoms with Crippen LogP contribution >= 0.6 is 0 Å². The smallest absolute Gasteiger partial charge is 0.191 e. The van der Waals surface area contributed by atoms with Crippen LogP contribution in [0.4, 0.5) is 0 Å². The molecule has 164 valence electrons. The maximum Gasteiger partial charge on any atom is 0.191 e. The number of aliphatic imine (C=N–C) groups is 1. The highest BCUT2D eigenvalue weighted by Crippen LogP contribution is 2.23. The molecule has 1 saturated heterocycles. The Kier molecular flexibility index (Phi) is 9.43. The molecule has 1 aromatic rings. The van der Waals surface area contributed by atoms with Gasteiger partial charge in [0.25, 0.3) is 0 Å². The van der Waals surface area contributed by atoms with Crippen molar-refractivity contribution in [3.05, 3.63) is 29.3 Å². The molecular formula is C22H37N3O3S. The minimum absolute atomic E-state index is 0.189. The van der Waals surface area contributed by atoms with Crippen molar-refractivity contribution in [2.45, 2.75) is 64.9 Å². The summed E-state index contributed by atoms with van der Waals surface area (Å²) in [7, 11) is -0.885. The summed E-state index contributed by atoms with van der Waals surface area (Å²) in [5, 5.41) is 6.54. The highest BCUT2D eigenvalue weighted by Gasteiger charge is 2.19. The fourth-order valence-corrected chi connectivity index (χ4v) is 3.86. The number of nitrogens with one attached hydrogen (secondary N) is 2. The standard InChI is InChI=1S/C22H37N3O3S/c1-6-23-21(24-11-13-29(26)22(3,4)5)25-15-18-10-9-17(2)14-20(18)28-16-19-8-7-12-27-19/h9-10,14,19H,6-8,11-13,15-16H2,1-5H3,(H2,23,24,25). The van der Waals surface area contributed by atoms with E-state index in [4.69, 9.17) is 14.5 Å². The highest BCUT2D eigenvalue weighted by molar-refractivity contribution is 7.86. The summed E-state index contributed by atoms with van der Waals surface area (Å²) >= 11 is 0. The van der Waals surface area contributed by atoms with Crippen LogP contribution < -0.4 is 15.4 Å². The molecule has 2 N–H and O–H groups in total. The summed E-state index contributed by atoms with van der Waals surface area (Å²) in [5.74, 6) is 2.19. The van der Waals surface area contributed by atoms with Gasteiger partial charge in [-0.15, -0.1) is 0 Å². The molecule has 1 aliphatic heterocycles. The van der Waals surface area contributed by atoms with E-state index < -0.39 is 10.8 Å². The van der Waals surface area contributed by atoms with Crippen molar-refractivity contribution >= 4 is 16.8 Å². The topological polar surface area (TPSA) is 72.0 Å². The van der Waals surface area contributed by atoms with E-state index in [0.717, 1.165) is 48.8 Å². The lowest BCUT2D eigenvalue weighted by Crippen LogP contribution is -2.40. The third-order valence-electron chi connectivity index (χ3n) is 4.69. The maximum atomic E-state index is 12.2. The molecule has 1 aliphatic rings. The summed E-state index contributed by atoms with van der Waals surface area (Å²) in [6, 6.07) is 6.21. The maximum absolute atomic E-state index is 12.2. The minimum Gasteiger partial charge on any atom is -0.491 e. The van der Waals surface area contributed by atoms with E-state index in [2.05, 4.69) is 35.8 Å². The van der Waals surface area contributed by atoms with Crippen molar-refractivity contribution in [2.24, 2.45) is 4.99 Å². The van der Waals surface area contributed by atoms with Crippen molar-refractivity contribution in [2.75, 3.05) is 32.1 Å². The first-order valence-electron chi connectivity index (χ1n) is 10.5. The quantitative estimate of drug-likeness (QED) is 0.472. The van der Waals surface area contributed by atoms with Crippen LogP contribution in [0, 0.1) is 6.92 Å². The van der Waals surface area contributed by atoms with Crippen LogP contribution in [0.25, 0.3) is 0 Å². The van der Waals surface area contributed by atoms with Crippen molar-refractivity contribution < 1.29 is 13.7 Å². The fourth-order valence-electron chi connectivity index (χ4n) is 2.96.